The van der Waals surface area contributed by atoms with Gasteiger partial charge in [0, 0.05) is 17.3 Å². The molecule has 1 atom stereocenters. The number of carbonyl (C=O) groups is 1. The van der Waals surface area contributed by atoms with E-state index in [0.29, 0.717) is 11.9 Å². The first-order valence-electron chi connectivity index (χ1n) is 7.39. The van der Waals surface area contributed by atoms with Crippen LogP contribution in [0.25, 0.3) is 0 Å². The van der Waals surface area contributed by atoms with Crippen molar-refractivity contribution in [2.45, 2.75) is 64.8 Å². The lowest BCUT2D eigenvalue weighted by molar-refractivity contribution is -0.128. The first-order valence-corrected chi connectivity index (χ1v) is 8.51. The minimum absolute atomic E-state index is 0.206. The van der Waals surface area contributed by atoms with Gasteiger partial charge in [0.25, 0.3) is 0 Å². The van der Waals surface area contributed by atoms with Gasteiger partial charge in [-0.1, -0.05) is 36.2 Å². The van der Waals surface area contributed by atoms with Crippen LogP contribution in [0.5, 0.6) is 0 Å². The van der Waals surface area contributed by atoms with Crippen molar-refractivity contribution in [2.24, 2.45) is 17.3 Å². The molecule has 0 bridgehead atoms. The van der Waals surface area contributed by atoms with Crippen LogP contribution in [-0.2, 0) is 4.79 Å². The lowest BCUT2D eigenvalue weighted by atomic mass is 9.80. The van der Waals surface area contributed by atoms with Gasteiger partial charge in [-0.2, -0.15) is 0 Å². The molecule has 1 amide bonds. The van der Waals surface area contributed by atoms with E-state index in [2.05, 4.69) is 35.1 Å². The van der Waals surface area contributed by atoms with Crippen molar-refractivity contribution in [2.75, 3.05) is 5.33 Å². The molecule has 2 nitrogen and oxygen atoms in total. The molecule has 2 aliphatic carbocycles. The molecule has 2 aliphatic rings. The maximum atomic E-state index is 12.4. The molecule has 2 rings (SSSR count). The Labute approximate surface area is 119 Å². The standard InChI is InChI=1S/C15H26BrNO/c1-15(2)9-3-4-13(15)14(18)17-12-7-5-11(10-16)6-8-12/h11-13H,3-10H2,1-2H3,(H,17,18). The number of nitrogens with one attached hydrogen (secondary N) is 1. The summed E-state index contributed by atoms with van der Waals surface area (Å²) in [6.07, 6.45) is 8.32. The summed E-state index contributed by atoms with van der Waals surface area (Å²) in [4.78, 5) is 12.4. The highest BCUT2D eigenvalue weighted by Gasteiger charge is 2.39. The third-order valence-electron chi connectivity index (χ3n) is 4.99. The van der Waals surface area contributed by atoms with Crippen LogP contribution in [0.3, 0.4) is 0 Å². The van der Waals surface area contributed by atoms with Crippen LogP contribution >= 0.6 is 15.9 Å². The van der Waals surface area contributed by atoms with Gasteiger partial charge < -0.3 is 5.32 Å². The van der Waals surface area contributed by atoms with Crippen molar-refractivity contribution < 1.29 is 4.79 Å². The van der Waals surface area contributed by atoms with E-state index >= 15 is 0 Å². The minimum atomic E-state index is 0.206. The molecule has 18 heavy (non-hydrogen) atoms. The fraction of sp³-hybridized carbons (Fsp3) is 0.933. The third kappa shape index (κ3) is 3.28. The average Bonchev–Trinajstić information content (AvgIpc) is 2.70. The van der Waals surface area contributed by atoms with Crippen molar-refractivity contribution in [3.05, 3.63) is 0 Å². The lowest BCUT2D eigenvalue weighted by Gasteiger charge is -2.31. The van der Waals surface area contributed by atoms with Crippen LogP contribution in [0.1, 0.15) is 58.8 Å². The predicted molar refractivity (Wildman–Crippen MR) is 78.8 cm³/mol. The van der Waals surface area contributed by atoms with E-state index in [0.717, 1.165) is 30.5 Å². The van der Waals surface area contributed by atoms with Gasteiger partial charge in [0.15, 0.2) is 0 Å². The number of carbonyl (C=O) groups excluding carboxylic acids is 1. The largest absolute Gasteiger partial charge is 0.353 e. The third-order valence-corrected chi connectivity index (χ3v) is 5.90. The van der Waals surface area contributed by atoms with E-state index < -0.39 is 0 Å². The number of alkyl halides is 1. The highest BCUT2D eigenvalue weighted by atomic mass is 79.9. The van der Waals surface area contributed by atoms with Gasteiger partial charge in [-0.15, -0.1) is 0 Å². The Morgan fingerprint density at radius 1 is 1.22 bits per heavy atom. The van der Waals surface area contributed by atoms with Crippen molar-refractivity contribution in [1.29, 1.82) is 0 Å². The van der Waals surface area contributed by atoms with E-state index in [1.165, 1.54) is 25.7 Å². The number of amides is 1. The zero-order valence-electron chi connectivity index (χ0n) is 11.7. The molecular weight excluding hydrogens is 290 g/mol. The summed E-state index contributed by atoms with van der Waals surface area (Å²) in [6.45, 7) is 4.48. The summed E-state index contributed by atoms with van der Waals surface area (Å²) >= 11 is 3.56. The van der Waals surface area contributed by atoms with E-state index in [4.69, 9.17) is 0 Å². The normalized spacial score (nSPS) is 35.4. The average molecular weight is 316 g/mol. The van der Waals surface area contributed by atoms with Crippen molar-refractivity contribution in [1.82, 2.24) is 5.32 Å². The molecule has 3 heteroatoms. The van der Waals surface area contributed by atoms with Crippen molar-refractivity contribution in [3.8, 4) is 0 Å². The van der Waals surface area contributed by atoms with Crippen LogP contribution in [0.4, 0.5) is 0 Å². The van der Waals surface area contributed by atoms with Gasteiger partial charge in [0.2, 0.25) is 5.91 Å². The summed E-state index contributed by atoms with van der Waals surface area (Å²) < 4.78 is 0. The summed E-state index contributed by atoms with van der Waals surface area (Å²) in [5.41, 5.74) is 0.206. The lowest BCUT2D eigenvalue weighted by Crippen LogP contribution is -2.43. The molecule has 0 radical (unpaired) electrons. The van der Waals surface area contributed by atoms with Gasteiger partial charge in [-0.25, -0.2) is 0 Å². The molecule has 0 spiro atoms. The second kappa shape index (κ2) is 5.94. The van der Waals surface area contributed by atoms with E-state index in [1.54, 1.807) is 0 Å². The molecule has 0 saturated heterocycles. The van der Waals surface area contributed by atoms with Crippen LogP contribution in [0, 0.1) is 17.3 Å². The summed E-state index contributed by atoms with van der Waals surface area (Å²) in [6, 6.07) is 0.434. The van der Waals surface area contributed by atoms with E-state index in [9.17, 15) is 4.79 Å². The maximum absolute atomic E-state index is 12.4. The molecule has 0 aliphatic heterocycles. The SMILES string of the molecule is CC1(C)CCCC1C(=O)NC1CCC(CBr)CC1. The molecule has 0 aromatic carbocycles. The topological polar surface area (TPSA) is 29.1 Å². The number of rotatable bonds is 3. The second-order valence-electron chi connectivity index (χ2n) is 6.81. The highest BCUT2D eigenvalue weighted by Crippen LogP contribution is 2.42. The monoisotopic (exact) mass is 315 g/mol. The summed E-state index contributed by atoms with van der Waals surface area (Å²) in [5.74, 6) is 1.38. The first-order chi connectivity index (χ1) is 8.53. The van der Waals surface area contributed by atoms with Crippen molar-refractivity contribution >= 4 is 21.8 Å². The molecule has 0 aromatic heterocycles. The predicted octanol–water partition coefficient (Wildman–Crippen LogP) is 3.88. The van der Waals surface area contributed by atoms with Gasteiger partial charge in [0.05, 0.1) is 0 Å². The molecule has 0 aromatic rings. The molecule has 1 unspecified atom stereocenters. The Morgan fingerprint density at radius 3 is 2.39 bits per heavy atom. The highest BCUT2D eigenvalue weighted by molar-refractivity contribution is 9.09. The zero-order chi connectivity index (χ0) is 13.2. The van der Waals surface area contributed by atoms with Gasteiger partial charge in [-0.3, -0.25) is 4.79 Å². The van der Waals surface area contributed by atoms with Crippen LogP contribution in [0.2, 0.25) is 0 Å². The molecule has 1 N–H and O–H groups in total. The zero-order valence-corrected chi connectivity index (χ0v) is 13.3. The number of hydrogen-bond acceptors (Lipinski definition) is 1. The van der Waals surface area contributed by atoms with Gasteiger partial charge >= 0.3 is 0 Å². The summed E-state index contributed by atoms with van der Waals surface area (Å²) in [5, 5.41) is 4.42. The van der Waals surface area contributed by atoms with Crippen LogP contribution in [-0.4, -0.2) is 17.3 Å². The molecule has 2 fully saturated rings. The Hall–Kier alpha value is -0.0500. The van der Waals surface area contributed by atoms with Crippen molar-refractivity contribution in [3.63, 3.8) is 0 Å². The van der Waals surface area contributed by atoms with Crippen LogP contribution < -0.4 is 5.32 Å². The van der Waals surface area contributed by atoms with Gasteiger partial charge in [0.1, 0.15) is 0 Å². The van der Waals surface area contributed by atoms with Crippen LogP contribution in [0.15, 0.2) is 0 Å². The Morgan fingerprint density at radius 2 is 1.89 bits per heavy atom. The quantitative estimate of drug-likeness (QED) is 0.787. The fourth-order valence-electron chi connectivity index (χ4n) is 3.58. The Bertz CT molecular complexity index is 295. The Kier molecular flexibility index (Phi) is 4.74. The number of halogens is 1. The molecular formula is C15H26BrNO. The summed E-state index contributed by atoms with van der Waals surface area (Å²) in [7, 11) is 0. The molecule has 0 heterocycles. The first kappa shape index (κ1) is 14.4. The van der Waals surface area contributed by atoms with E-state index in [1.807, 2.05) is 0 Å². The number of hydrogen-bond donors (Lipinski definition) is 1. The fourth-order valence-corrected chi connectivity index (χ4v) is 4.22. The second-order valence-corrected chi connectivity index (χ2v) is 7.46. The smallest absolute Gasteiger partial charge is 0.223 e. The minimum Gasteiger partial charge on any atom is -0.353 e. The van der Waals surface area contributed by atoms with E-state index in [-0.39, 0.29) is 11.3 Å². The Balaban J connectivity index is 1.81. The molecule has 2 saturated carbocycles. The maximum Gasteiger partial charge on any atom is 0.223 e. The van der Waals surface area contributed by atoms with Gasteiger partial charge in [-0.05, 0) is 49.9 Å². The molecule has 104 valence electrons.